The van der Waals surface area contributed by atoms with Crippen LogP contribution in [-0.4, -0.2) is 44.6 Å². The maximum Gasteiger partial charge on any atom is 0.356 e. The van der Waals surface area contributed by atoms with Crippen LogP contribution in [0.15, 0.2) is 29.2 Å². The van der Waals surface area contributed by atoms with Crippen molar-refractivity contribution in [2.75, 3.05) is 23.4 Å². The first kappa shape index (κ1) is 21.4. The predicted molar refractivity (Wildman–Crippen MR) is 120 cm³/mol. The number of anilines is 2. The largest absolute Gasteiger partial charge is 0.483 e. The second-order valence-corrected chi connectivity index (χ2v) is 8.62. The molecule has 11 heteroatoms. The van der Waals surface area contributed by atoms with Gasteiger partial charge in [-0.2, -0.15) is 0 Å². The second kappa shape index (κ2) is 8.18. The van der Waals surface area contributed by atoms with Gasteiger partial charge in [0.1, 0.15) is 23.2 Å². The highest BCUT2D eigenvalue weighted by molar-refractivity contribution is 6.29. The van der Waals surface area contributed by atoms with Gasteiger partial charge in [-0.3, -0.25) is 9.20 Å². The fourth-order valence-electron chi connectivity index (χ4n) is 4.50. The Morgan fingerprint density at radius 3 is 2.97 bits per heavy atom. The Labute approximate surface area is 192 Å². The SMILES string of the molecule is C[C@@H](Nc1ccc(Cl)nc1C(=O)O)c1cc(F)cn2c(=O)c3c(nc12)N1CCCCC1CO3. The smallest absolute Gasteiger partial charge is 0.356 e. The Morgan fingerprint density at radius 1 is 1.36 bits per heavy atom. The van der Waals surface area contributed by atoms with Gasteiger partial charge in [0.05, 0.1) is 17.8 Å². The molecular formula is C22H21ClFN5O4. The summed E-state index contributed by atoms with van der Waals surface area (Å²) in [4.78, 5) is 35.5. The van der Waals surface area contributed by atoms with E-state index in [1.807, 2.05) is 0 Å². The minimum absolute atomic E-state index is 0.0396. The highest BCUT2D eigenvalue weighted by Crippen LogP contribution is 2.35. The lowest BCUT2D eigenvalue weighted by molar-refractivity contribution is 0.0691. The topological polar surface area (TPSA) is 109 Å². The summed E-state index contributed by atoms with van der Waals surface area (Å²) in [6.45, 7) is 2.89. The molecule has 0 bridgehead atoms. The average molecular weight is 474 g/mol. The van der Waals surface area contributed by atoms with E-state index in [4.69, 9.17) is 21.3 Å². The van der Waals surface area contributed by atoms with Gasteiger partial charge in [0.15, 0.2) is 11.5 Å². The molecule has 5 heterocycles. The molecule has 0 radical (unpaired) electrons. The molecule has 3 aromatic heterocycles. The van der Waals surface area contributed by atoms with Crippen molar-refractivity contribution in [3.63, 3.8) is 0 Å². The number of aromatic carboxylic acids is 1. The summed E-state index contributed by atoms with van der Waals surface area (Å²) in [6.07, 6.45) is 4.12. The van der Waals surface area contributed by atoms with Crippen molar-refractivity contribution >= 4 is 34.7 Å². The van der Waals surface area contributed by atoms with Crippen molar-refractivity contribution in [2.24, 2.45) is 0 Å². The van der Waals surface area contributed by atoms with Crippen LogP contribution < -0.4 is 20.5 Å². The normalized spacial score (nSPS) is 18.3. The first-order chi connectivity index (χ1) is 15.8. The zero-order valence-corrected chi connectivity index (χ0v) is 18.5. The minimum Gasteiger partial charge on any atom is -0.483 e. The maximum atomic E-state index is 14.5. The number of rotatable bonds is 4. The third-order valence-corrected chi connectivity index (χ3v) is 6.29. The van der Waals surface area contributed by atoms with E-state index in [9.17, 15) is 19.1 Å². The van der Waals surface area contributed by atoms with Crippen LogP contribution in [0.1, 0.15) is 48.3 Å². The van der Waals surface area contributed by atoms with Crippen molar-refractivity contribution in [2.45, 2.75) is 38.3 Å². The number of carboxylic acids is 1. The molecule has 2 N–H and O–H groups in total. The van der Waals surface area contributed by atoms with E-state index < -0.39 is 23.4 Å². The van der Waals surface area contributed by atoms with Gasteiger partial charge in [-0.1, -0.05) is 11.6 Å². The fourth-order valence-corrected chi connectivity index (χ4v) is 4.65. The molecule has 1 fully saturated rings. The molecule has 0 aliphatic carbocycles. The standard InChI is InChI=1S/C22H21ClFN5O4/c1-11(25-15-5-6-16(23)26-17(15)22(31)32)14-8-12(24)9-29-19(14)27-20-18(21(29)30)33-10-13-4-2-3-7-28(13)20/h5-6,8-9,11,13,25H,2-4,7,10H2,1H3,(H,31,32)/t11-,13?/m1/s1. The number of halogens is 2. The van der Waals surface area contributed by atoms with Gasteiger partial charge in [0.25, 0.3) is 0 Å². The lowest BCUT2D eigenvalue weighted by Crippen LogP contribution is -2.48. The average Bonchev–Trinajstić information content (AvgIpc) is 2.80. The Bertz CT molecular complexity index is 1330. The number of nitrogens with one attached hydrogen (secondary N) is 1. The van der Waals surface area contributed by atoms with Gasteiger partial charge in [-0.05, 0) is 44.4 Å². The monoisotopic (exact) mass is 473 g/mol. The summed E-state index contributed by atoms with van der Waals surface area (Å²) >= 11 is 5.84. The summed E-state index contributed by atoms with van der Waals surface area (Å²) in [5.74, 6) is -1.30. The summed E-state index contributed by atoms with van der Waals surface area (Å²) in [5, 5.41) is 12.6. The van der Waals surface area contributed by atoms with Crippen LogP contribution in [0, 0.1) is 5.82 Å². The minimum atomic E-state index is -1.26. The summed E-state index contributed by atoms with van der Waals surface area (Å²) in [7, 11) is 0. The number of hydrogen-bond donors (Lipinski definition) is 2. The number of aromatic nitrogens is 3. The predicted octanol–water partition coefficient (Wildman–Crippen LogP) is 3.50. The summed E-state index contributed by atoms with van der Waals surface area (Å²) in [6, 6.07) is 3.78. The molecule has 2 atom stereocenters. The van der Waals surface area contributed by atoms with E-state index in [0.717, 1.165) is 36.4 Å². The van der Waals surface area contributed by atoms with Gasteiger partial charge in [-0.15, -0.1) is 0 Å². The molecule has 1 unspecified atom stereocenters. The summed E-state index contributed by atoms with van der Waals surface area (Å²) < 4.78 is 21.4. The van der Waals surface area contributed by atoms with Gasteiger partial charge in [0.2, 0.25) is 5.75 Å². The molecular weight excluding hydrogens is 453 g/mol. The molecule has 2 aliphatic heterocycles. The number of pyridine rings is 2. The van der Waals surface area contributed by atoms with Crippen molar-refractivity contribution < 1.29 is 19.0 Å². The number of fused-ring (bicyclic) bond motifs is 4. The molecule has 1 saturated heterocycles. The first-order valence-electron chi connectivity index (χ1n) is 10.6. The van der Waals surface area contributed by atoms with Crippen molar-refractivity contribution in [1.82, 2.24) is 14.4 Å². The molecule has 0 spiro atoms. The van der Waals surface area contributed by atoms with E-state index in [0.29, 0.717) is 18.0 Å². The Hall–Kier alpha value is -3.40. The van der Waals surface area contributed by atoms with Gasteiger partial charge in [0, 0.05) is 18.3 Å². The Kier molecular flexibility index (Phi) is 5.32. The molecule has 9 nitrogen and oxygen atoms in total. The molecule has 0 amide bonds. The van der Waals surface area contributed by atoms with Crippen LogP contribution in [-0.2, 0) is 0 Å². The van der Waals surface area contributed by atoms with Crippen LogP contribution in [0.3, 0.4) is 0 Å². The zero-order chi connectivity index (χ0) is 23.3. The number of ether oxygens (including phenoxy) is 1. The third-order valence-electron chi connectivity index (χ3n) is 6.08. The van der Waals surface area contributed by atoms with Crippen molar-refractivity contribution in [3.05, 3.63) is 57.0 Å². The Balaban J connectivity index is 1.62. The van der Waals surface area contributed by atoms with Crippen LogP contribution in [0.25, 0.3) is 5.65 Å². The number of carbonyl (C=O) groups is 1. The van der Waals surface area contributed by atoms with Gasteiger partial charge in [-0.25, -0.2) is 19.2 Å². The van der Waals surface area contributed by atoms with Crippen molar-refractivity contribution in [1.29, 1.82) is 0 Å². The molecule has 0 aromatic carbocycles. The highest BCUT2D eigenvalue weighted by atomic mass is 35.5. The second-order valence-electron chi connectivity index (χ2n) is 8.23. The van der Waals surface area contributed by atoms with Crippen LogP contribution in [0.4, 0.5) is 15.9 Å². The molecule has 3 aromatic rings. The van der Waals surface area contributed by atoms with E-state index in [1.54, 1.807) is 6.92 Å². The Morgan fingerprint density at radius 2 is 2.18 bits per heavy atom. The third kappa shape index (κ3) is 3.74. The first-order valence-corrected chi connectivity index (χ1v) is 11.0. The number of piperidine rings is 1. The van der Waals surface area contributed by atoms with Crippen LogP contribution in [0.2, 0.25) is 5.15 Å². The van der Waals surface area contributed by atoms with E-state index in [2.05, 4.69) is 15.2 Å². The fraction of sp³-hybridized carbons (Fsp3) is 0.364. The molecule has 0 saturated carbocycles. The lowest BCUT2D eigenvalue weighted by atomic mass is 10.0. The van der Waals surface area contributed by atoms with E-state index >= 15 is 0 Å². The van der Waals surface area contributed by atoms with Crippen LogP contribution >= 0.6 is 11.6 Å². The molecule has 172 valence electrons. The van der Waals surface area contributed by atoms with Crippen LogP contribution in [0.5, 0.6) is 5.75 Å². The summed E-state index contributed by atoms with van der Waals surface area (Å²) in [5.41, 5.74) is 0.129. The zero-order valence-electron chi connectivity index (χ0n) is 17.7. The number of carboxylic acid groups (broad SMARTS) is 1. The van der Waals surface area contributed by atoms with Gasteiger partial charge >= 0.3 is 11.5 Å². The molecule has 5 rings (SSSR count). The quantitative estimate of drug-likeness (QED) is 0.554. The van der Waals surface area contributed by atoms with Gasteiger partial charge < -0.3 is 20.1 Å². The molecule has 33 heavy (non-hydrogen) atoms. The molecule has 2 aliphatic rings. The van der Waals surface area contributed by atoms with E-state index in [1.165, 1.54) is 18.2 Å². The maximum absolute atomic E-state index is 14.5. The lowest BCUT2D eigenvalue weighted by Gasteiger charge is -2.40. The van der Waals surface area contributed by atoms with Crippen molar-refractivity contribution in [3.8, 4) is 5.75 Å². The number of hydrogen-bond acceptors (Lipinski definition) is 7. The number of nitrogens with zero attached hydrogens (tertiary/aromatic N) is 4. The van der Waals surface area contributed by atoms with E-state index in [-0.39, 0.29) is 34.0 Å². The highest BCUT2D eigenvalue weighted by Gasteiger charge is 2.34.